The number of methoxy groups -OCH3 is 1. The molecule has 0 spiro atoms. The summed E-state index contributed by atoms with van der Waals surface area (Å²) >= 11 is 9.26. The smallest absolute Gasteiger partial charge is 0.338 e. The van der Waals surface area contributed by atoms with Crippen LogP contribution < -0.4 is 0 Å². The third kappa shape index (κ3) is 3.49. The summed E-state index contributed by atoms with van der Waals surface area (Å²) in [5.41, 5.74) is 2.20. The van der Waals surface area contributed by atoms with Crippen LogP contribution in [0.4, 0.5) is 0 Å². The van der Waals surface area contributed by atoms with Gasteiger partial charge in [0.05, 0.1) is 12.7 Å². The van der Waals surface area contributed by atoms with E-state index < -0.39 is 0 Å². The monoisotopic (exact) mass is 306 g/mol. The van der Waals surface area contributed by atoms with Gasteiger partial charge in [-0.25, -0.2) is 4.79 Å². The third-order valence-corrected chi connectivity index (χ3v) is 2.90. The minimum absolute atomic E-state index is 0.348. The van der Waals surface area contributed by atoms with Crippen LogP contribution in [-0.4, -0.2) is 13.1 Å². The highest BCUT2D eigenvalue weighted by molar-refractivity contribution is 9.08. The highest BCUT2D eigenvalue weighted by Gasteiger charge is 2.16. The quantitative estimate of drug-likeness (QED) is 0.599. The van der Waals surface area contributed by atoms with Gasteiger partial charge in [0.15, 0.2) is 0 Å². The van der Waals surface area contributed by atoms with Crippen LogP contribution in [0.3, 0.4) is 0 Å². The number of aryl methyl sites for hydroxylation is 1. The lowest BCUT2D eigenvalue weighted by Gasteiger charge is -2.10. The summed E-state index contributed by atoms with van der Waals surface area (Å²) in [6.07, 6.45) is 0. The van der Waals surface area contributed by atoms with E-state index in [0.29, 0.717) is 15.9 Å². The fourth-order valence-electron chi connectivity index (χ4n) is 1.26. The molecule has 0 saturated heterocycles. The molecular formula is C12H16BrClO2. The van der Waals surface area contributed by atoms with Gasteiger partial charge in [-0.2, -0.15) is 0 Å². The number of hydrogen-bond acceptors (Lipinski definition) is 2. The molecule has 0 aliphatic rings. The lowest BCUT2D eigenvalue weighted by molar-refractivity contribution is 0.0599. The molecule has 0 N–H and O–H groups in total. The Hall–Kier alpha value is -0.540. The van der Waals surface area contributed by atoms with Gasteiger partial charge in [-0.15, -0.1) is 0 Å². The topological polar surface area (TPSA) is 26.3 Å². The summed E-state index contributed by atoms with van der Waals surface area (Å²) in [5.74, 6) is -0.348. The van der Waals surface area contributed by atoms with Crippen molar-refractivity contribution in [3.8, 4) is 0 Å². The number of rotatable bonds is 2. The fraction of sp³-hybridized carbons (Fsp3) is 0.417. The number of benzene rings is 1. The van der Waals surface area contributed by atoms with E-state index in [4.69, 9.17) is 16.3 Å². The molecule has 1 rings (SSSR count). The van der Waals surface area contributed by atoms with Crippen LogP contribution in [-0.2, 0) is 10.1 Å². The number of ether oxygens (including phenoxy) is 1. The molecule has 0 radical (unpaired) electrons. The Balaban J connectivity index is 0.00000106. The molecule has 2 nitrogen and oxygen atoms in total. The van der Waals surface area contributed by atoms with E-state index in [1.807, 2.05) is 20.8 Å². The maximum Gasteiger partial charge on any atom is 0.338 e. The van der Waals surface area contributed by atoms with E-state index >= 15 is 0 Å². The molecule has 0 bridgehead atoms. The van der Waals surface area contributed by atoms with Crippen molar-refractivity contribution in [2.75, 3.05) is 7.11 Å². The Kier molecular flexibility index (Phi) is 7.43. The number of carbonyl (C=O) groups excluding carboxylic acids is 1. The van der Waals surface area contributed by atoms with Crippen LogP contribution >= 0.6 is 27.5 Å². The second kappa shape index (κ2) is 7.69. The van der Waals surface area contributed by atoms with Crippen LogP contribution in [0, 0.1) is 6.92 Å². The van der Waals surface area contributed by atoms with E-state index in [1.54, 1.807) is 12.1 Å². The summed E-state index contributed by atoms with van der Waals surface area (Å²) in [4.78, 5) is 11.5. The molecule has 0 heterocycles. The second-order valence-corrected chi connectivity index (χ2v) is 3.81. The van der Waals surface area contributed by atoms with Crippen LogP contribution in [0.15, 0.2) is 12.1 Å². The van der Waals surface area contributed by atoms with E-state index in [-0.39, 0.29) is 5.97 Å². The average molecular weight is 308 g/mol. The van der Waals surface area contributed by atoms with Crippen molar-refractivity contribution in [1.82, 2.24) is 0 Å². The fourth-order valence-corrected chi connectivity index (χ4v) is 2.22. The molecule has 0 aromatic heterocycles. The van der Waals surface area contributed by atoms with Crippen molar-refractivity contribution in [3.63, 3.8) is 0 Å². The molecule has 0 amide bonds. The number of halogens is 2. The first-order chi connectivity index (χ1) is 7.61. The predicted octanol–water partition coefficient (Wildman–Crippen LogP) is 4.36. The first-order valence-electron chi connectivity index (χ1n) is 5.04. The van der Waals surface area contributed by atoms with Crippen LogP contribution in [0.5, 0.6) is 0 Å². The normalized spacial score (nSPS) is 9.12. The maximum absolute atomic E-state index is 11.5. The van der Waals surface area contributed by atoms with E-state index in [2.05, 4.69) is 15.9 Å². The lowest BCUT2D eigenvalue weighted by Crippen LogP contribution is -2.07. The number of alkyl halides is 1. The first-order valence-corrected chi connectivity index (χ1v) is 6.54. The zero-order valence-electron chi connectivity index (χ0n) is 9.93. The lowest BCUT2D eigenvalue weighted by atomic mass is 10.0. The van der Waals surface area contributed by atoms with Gasteiger partial charge < -0.3 is 4.74 Å². The molecule has 0 saturated carbocycles. The molecule has 1 aromatic rings. The van der Waals surface area contributed by atoms with Crippen LogP contribution in [0.2, 0.25) is 5.02 Å². The second-order valence-electron chi connectivity index (χ2n) is 2.84. The summed E-state index contributed by atoms with van der Waals surface area (Å²) in [7, 11) is 1.36. The Morgan fingerprint density at radius 1 is 1.44 bits per heavy atom. The number of hydrogen-bond donors (Lipinski definition) is 0. The van der Waals surface area contributed by atoms with Gasteiger partial charge in [0.25, 0.3) is 0 Å². The average Bonchev–Trinajstić information content (AvgIpc) is 2.33. The van der Waals surface area contributed by atoms with Crippen molar-refractivity contribution in [2.45, 2.75) is 26.1 Å². The Morgan fingerprint density at radius 3 is 2.44 bits per heavy atom. The summed E-state index contributed by atoms with van der Waals surface area (Å²) < 4.78 is 4.70. The summed E-state index contributed by atoms with van der Waals surface area (Å²) in [6, 6.07) is 3.58. The Labute approximate surface area is 110 Å². The van der Waals surface area contributed by atoms with Crippen molar-refractivity contribution in [3.05, 3.63) is 33.8 Å². The van der Waals surface area contributed by atoms with Crippen LogP contribution in [0.1, 0.15) is 35.3 Å². The molecule has 0 aliphatic carbocycles. The standard InChI is InChI=1S/C10H10BrClO2.C2H6/c1-6-3-4-8(12)7(5-11)9(6)10(13)14-2;1-2/h3-4H,5H2,1-2H3;1-2H3. The highest BCUT2D eigenvalue weighted by Crippen LogP contribution is 2.26. The Bertz CT molecular complexity index is 364. The minimum Gasteiger partial charge on any atom is -0.465 e. The third-order valence-electron chi connectivity index (χ3n) is 1.99. The van der Waals surface area contributed by atoms with Gasteiger partial charge >= 0.3 is 5.97 Å². The van der Waals surface area contributed by atoms with Gasteiger partial charge in [0.2, 0.25) is 0 Å². The van der Waals surface area contributed by atoms with E-state index in [9.17, 15) is 4.79 Å². The Morgan fingerprint density at radius 2 is 2.00 bits per heavy atom. The van der Waals surface area contributed by atoms with E-state index in [0.717, 1.165) is 11.1 Å². The highest BCUT2D eigenvalue weighted by atomic mass is 79.9. The maximum atomic E-state index is 11.5. The molecular weight excluding hydrogens is 291 g/mol. The molecule has 4 heteroatoms. The predicted molar refractivity (Wildman–Crippen MR) is 71.5 cm³/mol. The van der Waals surface area contributed by atoms with Gasteiger partial charge in [-0.3, -0.25) is 0 Å². The molecule has 1 aromatic carbocycles. The molecule has 90 valence electrons. The SMILES string of the molecule is CC.COC(=O)c1c(C)ccc(Cl)c1CBr. The van der Waals surface area contributed by atoms with Gasteiger partial charge in [-0.1, -0.05) is 47.4 Å². The first kappa shape index (κ1) is 15.5. The zero-order valence-corrected chi connectivity index (χ0v) is 12.3. The van der Waals surface area contributed by atoms with Crippen molar-refractivity contribution >= 4 is 33.5 Å². The molecule has 0 fully saturated rings. The van der Waals surface area contributed by atoms with E-state index in [1.165, 1.54) is 7.11 Å². The zero-order chi connectivity index (χ0) is 12.7. The molecule has 0 aliphatic heterocycles. The van der Waals surface area contributed by atoms with Crippen molar-refractivity contribution in [1.29, 1.82) is 0 Å². The van der Waals surface area contributed by atoms with Gasteiger partial charge in [0, 0.05) is 10.4 Å². The summed E-state index contributed by atoms with van der Waals surface area (Å²) in [6.45, 7) is 5.86. The van der Waals surface area contributed by atoms with Gasteiger partial charge in [-0.05, 0) is 24.1 Å². The van der Waals surface area contributed by atoms with Crippen LogP contribution in [0.25, 0.3) is 0 Å². The largest absolute Gasteiger partial charge is 0.465 e. The molecule has 0 unspecified atom stereocenters. The molecule has 0 atom stereocenters. The molecule has 16 heavy (non-hydrogen) atoms. The minimum atomic E-state index is -0.348. The number of carbonyl (C=O) groups is 1. The summed E-state index contributed by atoms with van der Waals surface area (Å²) in [5, 5.41) is 1.12. The van der Waals surface area contributed by atoms with Crippen molar-refractivity contribution in [2.24, 2.45) is 0 Å². The van der Waals surface area contributed by atoms with Gasteiger partial charge in [0.1, 0.15) is 0 Å². The van der Waals surface area contributed by atoms with Crippen molar-refractivity contribution < 1.29 is 9.53 Å². The number of esters is 1.